The molecule has 0 aromatic rings. The molecule has 1 saturated heterocycles. The predicted octanol–water partition coefficient (Wildman–Crippen LogP) is 2.43. The van der Waals surface area contributed by atoms with E-state index in [-0.39, 0.29) is 5.92 Å². The summed E-state index contributed by atoms with van der Waals surface area (Å²) in [6.07, 6.45) is 5.73. The second kappa shape index (κ2) is 5.84. The van der Waals surface area contributed by atoms with Crippen LogP contribution < -0.4 is 0 Å². The van der Waals surface area contributed by atoms with Crippen LogP contribution in [0.1, 0.15) is 39.0 Å². The van der Waals surface area contributed by atoms with E-state index in [1.807, 2.05) is 0 Å². The van der Waals surface area contributed by atoms with Crippen LogP contribution in [0.5, 0.6) is 0 Å². The molecule has 0 aromatic heterocycles. The maximum atomic E-state index is 9.29. The molecule has 1 heterocycles. The fourth-order valence-corrected chi connectivity index (χ4v) is 3.31. The van der Waals surface area contributed by atoms with Crippen LogP contribution in [0, 0.1) is 23.2 Å². The van der Waals surface area contributed by atoms with Crippen LogP contribution in [0.2, 0.25) is 0 Å². The highest BCUT2D eigenvalue weighted by Gasteiger charge is 2.34. The molecule has 3 heteroatoms. The van der Waals surface area contributed by atoms with Crippen LogP contribution in [0.4, 0.5) is 0 Å². The summed E-state index contributed by atoms with van der Waals surface area (Å²) in [5, 5.41) is 9.29. The normalized spacial score (nSPS) is 35.8. The average molecular weight is 236 g/mol. The van der Waals surface area contributed by atoms with Crippen LogP contribution in [-0.4, -0.2) is 37.2 Å². The summed E-state index contributed by atoms with van der Waals surface area (Å²) in [6.45, 7) is 4.08. The van der Waals surface area contributed by atoms with Crippen molar-refractivity contribution in [1.29, 1.82) is 5.26 Å². The van der Waals surface area contributed by atoms with Gasteiger partial charge in [-0.25, -0.2) is 0 Å². The lowest BCUT2D eigenvalue weighted by Gasteiger charge is -2.42. The van der Waals surface area contributed by atoms with E-state index < -0.39 is 0 Å². The molecular formula is C14H24N2O. The second-order valence-corrected chi connectivity index (χ2v) is 5.73. The van der Waals surface area contributed by atoms with Gasteiger partial charge in [0.15, 0.2) is 0 Å². The Morgan fingerprint density at radius 1 is 1.18 bits per heavy atom. The lowest BCUT2D eigenvalue weighted by atomic mass is 9.78. The van der Waals surface area contributed by atoms with E-state index in [1.165, 1.54) is 12.8 Å². The topological polar surface area (TPSA) is 36.3 Å². The molecule has 0 N–H and O–H groups in total. The Balaban J connectivity index is 1.99. The minimum absolute atomic E-state index is 0.235. The van der Waals surface area contributed by atoms with Crippen molar-refractivity contribution in [3.05, 3.63) is 0 Å². The third-order valence-corrected chi connectivity index (χ3v) is 4.53. The standard InChI is InChI=1S/C14H24N2O/c1-11-3-4-12(10-15)14(9-11)16(2)13-5-7-17-8-6-13/h11-14H,3-9H2,1-2H3. The van der Waals surface area contributed by atoms with Gasteiger partial charge in [0.2, 0.25) is 0 Å². The van der Waals surface area contributed by atoms with Crippen molar-refractivity contribution in [3.8, 4) is 6.07 Å². The first-order valence-electron chi connectivity index (χ1n) is 6.91. The zero-order valence-corrected chi connectivity index (χ0v) is 11.1. The molecule has 3 nitrogen and oxygen atoms in total. The molecular weight excluding hydrogens is 212 g/mol. The van der Waals surface area contributed by atoms with Gasteiger partial charge in [0.1, 0.15) is 0 Å². The van der Waals surface area contributed by atoms with Gasteiger partial charge in [-0.3, -0.25) is 4.90 Å². The fraction of sp³-hybridized carbons (Fsp3) is 0.929. The van der Waals surface area contributed by atoms with Crippen molar-refractivity contribution < 1.29 is 4.74 Å². The van der Waals surface area contributed by atoms with Gasteiger partial charge in [0.05, 0.1) is 12.0 Å². The molecule has 1 aliphatic heterocycles. The maximum Gasteiger partial charge on any atom is 0.0672 e. The zero-order valence-electron chi connectivity index (χ0n) is 11.1. The van der Waals surface area contributed by atoms with Gasteiger partial charge in [-0.2, -0.15) is 5.26 Å². The van der Waals surface area contributed by atoms with Gasteiger partial charge in [-0.15, -0.1) is 0 Å². The zero-order chi connectivity index (χ0) is 12.3. The van der Waals surface area contributed by atoms with Crippen LogP contribution in [0.15, 0.2) is 0 Å². The van der Waals surface area contributed by atoms with Crippen LogP contribution in [-0.2, 0) is 4.74 Å². The number of nitriles is 1. The van der Waals surface area contributed by atoms with E-state index in [4.69, 9.17) is 4.74 Å². The van der Waals surface area contributed by atoms with E-state index in [0.717, 1.165) is 38.4 Å². The molecule has 3 atom stereocenters. The minimum Gasteiger partial charge on any atom is -0.381 e. The molecule has 1 aliphatic carbocycles. The summed E-state index contributed by atoms with van der Waals surface area (Å²) in [4.78, 5) is 2.48. The van der Waals surface area contributed by atoms with E-state index in [2.05, 4.69) is 24.9 Å². The van der Waals surface area contributed by atoms with E-state index in [0.29, 0.717) is 12.1 Å². The lowest BCUT2D eigenvalue weighted by molar-refractivity contribution is 0.00972. The monoisotopic (exact) mass is 236 g/mol. The van der Waals surface area contributed by atoms with Crippen molar-refractivity contribution in [3.63, 3.8) is 0 Å². The van der Waals surface area contributed by atoms with Gasteiger partial charge in [0, 0.05) is 25.3 Å². The summed E-state index contributed by atoms with van der Waals surface area (Å²) in [5.74, 6) is 1.01. The Bertz CT molecular complexity index is 280. The summed E-state index contributed by atoms with van der Waals surface area (Å²) in [6, 6.07) is 3.61. The molecule has 2 fully saturated rings. The fourth-order valence-electron chi connectivity index (χ4n) is 3.31. The van der Waals surface area contributed by atoms with Crippen LogP contribution in [0.3, 0.4) is 0 Å². The third-order valence-electron chi connectivity index (χ3n) is 4.53. The minimum atomic E-state index is 0.235. The summed E-state index contributed by atoms with van der Waals surface area (Å²) in [7, 11) is 2.21. The van der Waals surface area contributed by atoms with Crippen molar-refractivity contribution in [2.24, 2.45) is 11.8 Å². The van der Waals surface area contributed by atoms with Crippen molar-refractivity contribution in [1.82, 2.24) is 4.90 Å². The molecule has 2 rings (SSSR count). The quantitative estimate of drug-likeness (QED) is 0.739. The molecule has 96 valence electrons. The molecule has 0 radical (unpaired) electrons. The number of hydrogen-bond donors (Lipinski definition) is 0. The van der Waals surface area contributed by atoms with E-state index >= 15 is 0 Å². The third kappa shape index (κ3) is 3.00. The molecule has 0 bridgehead atoms. The molecule has 2 aliphatic rings. The number of ether oxygens (including phenoxy) is 1. The highest BCUT2D eigenvalue weighted by Crippen LogP contribution is 2.33. The van der Waals surface area contributed by atoms with Crippen LogP contribution in [0.25, 0.3) is 0 Å². The smallest absolute Gasteiger partial charge is 0.0672 e. The van der Waals surface area contributed by atoms with Gasteiger partial charge < -0.3 is 4.74 Å². The first-order chi connectivity index (χ1) is 8.22. The largest absolute Gasteiger partial charge is 0.381 e. The Morgan fingerprint density at radius 2 is 1.88 bits per heavy atom. The molecule has 0 amide bonds. The Labute approximate surface area is 105 Å². The first-order valence-corrected chi connectivity index (χ1v) is 6.91. The van der Waals surface area contributed by atoms with Gasteiger partial charge in [-0.05, 0) is 45.1 Å². The highest BCUT2D eigenvalue weighted by molar-refractivity contribution is 4.97. The summed E-state index contributed by atoms with van der Waals surface area (Å²) >= 11 is 0. The molecule has 0 aromatic carbocycles. The lowest BCUT2D eigenvalue weighted by Crippen LogP contribution is -2.48. The van der Waals surface area contributed by atoms with Crippen molar-refractivity contribution in [2.45, 2.75) is 51.1 Å². The summed E-state index contributed by atoms with van der Waals surface area (Å²) < 4.78 is 5.42. The predicted molar refractivity (Wildman–Crippen MR) is 67.5 cm³/mol. The van der Waals surface area contributed by atoms with Crippen LogP contribution >= 0.6 is 0 Å². The average Bonchev–Trinajstić information content (AvgIpc) is 2.39. The molecule has 17 heavy (non-hydrogen) atoms. The maximum absolute atomic E-state index is 9.29. The Kier molecular flexibility index (Phi) is 4.42. The molecule has 0 spiro atoms. The first kappa shape index (κ1) is 12.9. The van der Waals surface area contributed by atoms with E-state index in [1.54, 1.807) is 0 Å². The second-order valence-electron chi connectivity index (χ2n) is 5.73. The highest BCUT2D eigenvalue weighted by atomic mass is 16.5. The van der Waals surface area contributed by atoms with E-state index in [9.17, 15) is 5.26 Å². The number of hydrogen-bond acceptors (Lipinski definition) is 3. The number of nitrogens with zero attached hydrogens (tertiary/aromatic N) is 2. The van der Waals surface area contributed by atoms with Gasteiger partial charge in [-0.1, -0.05) is 6.92 Å². The van der Waals surface area contributed by atoms with Crippen molar-refractivity contribution in [2.75, 3.05) is 20.3 Å². The van der Waals surface area contributed by atoms with Crippen molar-refractivity contribution >= 4 is 0 Å². The SMILES string of the molecule is CC1CCC(C#N)C(N(C)C2CCOCC2)C1. The Morgan fingerprint density at radius 3 is 2.53 bits per heavy atom. The Hall–Kier alpha value is -0.590. The summed E-state index contributed by atoms with van der Waals surface area (Å²) in [5.41, 5.74) is 0. The van der Waals surface area contributed by atoms with Gasteiger partial charge in [0.25, 0.3) is 0 Å². The molecule has 1 saturated carbocycles. The number of rotatable bonds is 2. The molecule has 3 unspecified atom stereocenters. The van der Waals surface area contributed by atoms with Gasteiger partial charge >= 0.3 is 0 Å².